The van der Waals surface area contributed by atoms with Crippen LogP contribution in [-0.4, -0.2) is 23.2 Å². The molecule has 0 atom stereocenters. The molecule has 0 saturated carbocycles. The monoisotopic (exact) mass is 372 g/mol. The third kappa shape index (κ3) is 5.08. The van der Waals surface area contributed by atoms with Crippen molar-refractivity contribution in [2.45, 2.75) is 12.9 Å². The molecule has 1 aromatic heterocycles. The van der Waals surface area contributed by atoms with Crippen LogP contribution in [0.1, 0.15) is 15.9 Å². The molecule has 1 aromatic carbocycles. The zero-order chi connectivity index (χ0) is 18.6. The average molecular weight is 373 g/mol. The molecule has 0 spiro atoms. The molecular formula is C15H12ClF3N4O2. The number of hydrogen-bond acceptors (Lipinski definition) is 4. The lowest BCUT2D eigenvalue weighted by atomic mass is 10.2. The van der Waals surface area contributed by atoms with E-state index in [9.17, 15) is 18.0 Å². The summed E-state index contributed by atoms with van der Waals surface area (Å²) in [6, 6.07) is 6.13. The summed E-state index contributed by atoms with van der Waals surface area (Å²) in [6.45, 7) is -0.0171. The molecular weight excluding hydrogens is 361 g/mol. The molecule has 0 unspecified atom stereocenters. The number of benzene rings is 1. The number of nitrogens with zero attached hydrogens (tertiary/aromatic N) is 1. The Bertz CT molecular complexity index is 865. The summed E-state index contributed by atoms with van der Waals surface area (Å²) in [6.07, 6.45) is -2.50. The molecule has 25 heavy (non-hydrogen) atoms. The Morgan fingerprint density at radius 1 is 1.32 bits per heavy atom. The topological polar surface area (TPSA) is 91.0 Å². The second-order valence-corrected chi connectivity index (χ2v) is 5.23. The van der Waals surface area contributed by atoms with Gasteiger partial charge in [0.15, 0.2) is 0 Å². The van der Waals surface area contributed by atoms with Crippen LogP contribution in [0.3, 0.4) is 0 Å². The first-order valence-corrected chi connectivity index (χ1v) is 7.17. The van der Waals surface area contributed by atoms with E-state index in [-0.39, 0.29) is 22.6 Å². The van der Waals surface area contributed by atoms with Crippen LogP contribution >= 0.6 is 11.6 Å². The number of halogens is 4. The van der Waals surface area contributed by atoms with E-state index in [1.807, 2.05) is 0 Å². The second-order valence-electron chi connectivity index (χ2n) is 4.82. The number of carbonyl (C=O) groups is 1. The van der Waals surface area contributed by atoms with Gasteiger partial charge in [-0.25, -0.2) is 0 Å². The maximum absolute atomic E-state index is 12.1. The number of hydrogen-bond donors (Lipinski definition) is 3. The highest BCUT2D eigenvalue weighted by Crippen LogP contribution is 2.27. The lowest BCUT2D eigenvalue weighted by Gasteiger charge is -2.11. The summed E-state index contributed by atoms with van der Waals surface area (Å²) in [5, 5.41) is 17.3. The Morgan fingerprint density at radius 3 is 2.60 bits per heavy atom. The predicted octanol–water partition coefficient (Wildman–Crippen LogP) is 2.90. The Hall–Kier alpha value is -2.81. The van der Waals surface area contributed by atoms with Crippen molar-refractivity contribution in [1.82, 2.24) is 9.88 Å². The molecule has 0 saturated heterocycles. The molecule has 2 aromatic rings. The van der Waals surface area contributed by atoms with Crippen LogP contribution in [0.5, 0.6) is 5.75 Å². The summed E-state index contributed by atoms with van der Waals surface area (Å²) in [5.41, 5.74) is 0.562. The summed E-state index contributed by atoms with van der Waals surface area (Å²) in [7, 11) is 0. The van der Waals surface area contributed by atoms with Crippen LogP contribution in [0.2, 0.25) is 5.02 Å². The number of carbonyl (C=O) groups excluding carboxylic acids is 1. The number of aromatic nitrogens is 1. The second kappa shape index (κ2) is 7.39. The highest BCUT2D eigenvalue weighted by atomic mass is 35.5. The zero-order valence-corrected chi connectivity index (χ0v) is 13.3. The smallest absolute Gasteiger partial charge is 0.406 e. The van der Waals surface area contributed by atoms with Crippen LogP contribution in [0.4, 0.5) is 13.2 Å². The fraction of sp³-hybridized carbons (Fsp3) is 0.133. The van der Waals surface area contributed by atoms with Crippen molar-refractivity contribution in [3.63, 3.8) is 0 Å². The number of ether oxygens (including phenoxy) is 1. The van der Waals surface area contributed by atoms with E-state index in [0.29, 0.717) is 5.56 Å². The number of amides is 1. The largest absolute Gasteiger partial charge is 0.573 e. The molecule has 2 rings (SSSR count). The summed E-state index contributed by atoms with van der Waals surface area (Å²) >= 11 is 5.90. The van der Waals surface area contributed by atoms with Gasteiger partial charge in [0.2, 0.25) is 0 Å². The molecule has 6 nitrogen and oxygen atoms in total. The maximum Gasteiger partial charge on any atom is 0.573 e. The minimum Gasteiger partial charge on any atom is -0.406 e. The number of alkyl halides is 3. The minimum absolute atomic E-state index is 0.0120. The van der Waals surface area contributed by atoms with Gasteiger partial charge in [0.1, 0.15) is 11.2 Å². The molecule has 0 aliphatic carbocycles. The molecule has 3 N–H and O–H groups in total. The van der Waals surface area contributed by atoms with Crippen molar-refractivity contribution >= 4 is 23.8 Å². The van der Waals surface area contributed by atoms with Crippen LogP contribution in [-0.2, 0) is 6.54 Å². The molecule has 10 heteroatoms. The van der Waals surface area contributed by atoms with E-state index >= 15 is 0 Å². The van der Waals surface area contributed by atoms with Gasteiger partial charge in [0.25, 0.3) is 5.91 Å². The third-order valence-electron chi connectivity index (χ3n) is 3.08. The van der Waals surface area contributed by atoms with Crippen LogP contribution < -0.4 is 15.5 Å². The van der Waals surface area contributed by atoms with E-state index in [1.54, 1.807) is 0 Å². The van der Waals surface area contributed by atoms with Gasteiger partial charge in [-0.2, -0.15) is 0 Å². The van der Waals surface area contributed by atoms with E-state index < -0.39 is 18.0 Å². The quantitative estimate of drug-likeness (QED) is 0.556. The Labute approximate surface area is 144 Å². The van der Waals surface area contributed by atoms with Crippen molar-refractivity contribution in [2.75, 3.05) is 0 Å². The molecule has 132 valence electrons. The minimum atomic E-state index is -4.81. The van der Waals surface area contributed by atoms with Crippen LogP contribution in [0.15, 0.2) is 36.5 Å². The molecule has 0 aliphatic rings. The Morgan fingerprint density at radius 2 is 2.04 bits per heavy atom. The average Bonchev–Trinajstić information content (AvgIpc) is 2.52. The van der Waals surface area contributed by atoms with E-state index in [2.05, 4.69) is 10.1 Å². The fourth-order valence-corrected chi connectivity index (χ4v) is 2.15. The molecule has 0 aliphatic heterocycles. The van der Waals surface area contributed by atoms with Gasteiger partial charge in [-0.1, -0.05) is 17.7 Å². The van der Waals surface area contributed by atoms with Gasteiger partial charge < -0.3 is 10.1 Å². The van der Waals surface area contributed by atoms with Crippen molar-refractivity contribution in [1.29, 1.82) is 10.8 Å². The van der Waals surface area contributed by atoms with Gasteiger partial charge in [-0.3, -0.25) is 20.2 Å². The number of rotatable bonds is 5. The van der Waals surface area contributed by atoms with Crippen molar-refractivity contribution in [2.24, 2.45) is 0 Å². The fourth-order valence-electron chi connectivity index (χ4n) is 1.91. The summed E-state index contributed by atoms with van der Waals surface area (Å²) < 4.78 is 41.4. The van der Waals surface area contributed by atoms with Gasteiger partial charge in [-0.05, 0) is 29.8 Å². The number of pyridine rings is 1. The van der Waals surface area contributed by atoms with E-state index in [4.69, 9.17) is 22.4 Å². The van der Waals surface area contributed by atoms with E-state index in [0.717, 1.165) is 18.5 Å². The van der Waals surface area contributed by atoms with Crippen LogP contribution in [0, 0.1) is 10.8 Å². The van der Waals surface area contributed by atoms with Gasteiger partial charge in [0, 0.05) is 23.3 Å². The normalized spacial score (nSPS) is 11.0. The van der Waals surface area contributed by atoms with Gasteiger partial charge in [-0.15, -0.1) is 13.2 Å². The molecule has 0 bridgehead atoms. The molecule has 1 amide bonds. The van der Waals surface area contributed by atoms with Crippen molar-refractivity contribution < 1.29 is 22.7 Å². The SMILES string of the molecule is N=Cn1ccc(C(=O)NCc2ccc(OC(F)(F)F)cc2Cl)cc1=N. The molecule has 0 radical (unpaired) electrons. The molecule has 0 fully saturated rings. The number of nitrogens with one attached hydrogen (secondary N) is 3. The first-order chi connectivity index (χ1) is 11.7. The molecule has 1 heterocycles. The van der Waals surface area contributed by atoms with E-state index in [1.165, 1.54) is 29.0 Å². The highest BCUT2D eigenvalue weighted by Gasteiger charge is 2.31. The Kier molecular flexibility index (Phi) is 5.48. The van der Waals surface area contributed by atoms with Crippen molar-refractivity contribution in [3.8, 4) is 5.75 Å². The lowest BCUT2D eigenvalue weighted by Crippen LogP contribution is -2.26. The summed E-state index contributed by atoms with van der Waals surface area (Å²) in [4.78, 5) is 12.1. The van der Waals surface area contributed by atoms with Crippen molar-refractivity contribution in [3.05, 3.63) is 58.2 Å². The first kappa shape index (κ1) is 18.5. The van der Waals surface area contributed by atoms with Crippen LogP contribution in [0.25, 0.3) is 0 Å². The Balaban J connectivity index is 2.05. The third-order valence-corrected chi connectivity index (χ3v) is 3.44. The standard InChI is InChI=1S/C15H12ClF3N4O2/c16-12-6-11(25-15(17,18)19)2-1-10(12)7-22-14(24)9-3-4-23(8-20)13(21)5-9/h1-6,8,20-21H,7H2,(H,22,24). The highest BCUT2D eigenvalue weighted by molar-refractivity contribution is 6.31. The first-order valence-electron chi connectivity index (χ1n) is 6.79. The van der Waals surface area contributed by atoms with Gasteiger partial charge >= 0.3 is 6.36 Å². The summed E-state index contributed by atoms with van der Waals surface area (Å²) in [5.74, 6) is -0.942. The van der Waals surface area contributed by atoms with Gasteiger partial charge in [0.05, 0.1) is 6.34 Å². The predicted molar refractivity (Wildman–Crippen MR) is 83.8 cm³/mol. The zero-order valence-electron chi connectivity index (χ0n) is 12.5. The maximum atomic E-state index is 12.1. The lowest BCUT2D eigenvalue weighted by molar-refractivity contribution is -0.274.